The average Bonchev–Trinajstić information content (AvgIpc) is 3.58. The summed E-state index contributed by atoms with van der Waals surface area (Å²) in [6, 6.07) is 18.2. The van der Waals surface area contributed by atoms with Crippen LogP contribution in [0.5, 0.6) is 5.88 Å². The van der Waals surface area contributed by atoms with Crippen LogP contribution < -0.4 is 15.4 Å². The van der Waals surface area contributed by atoms with Gasteiger partial charge in [-0.15, -0.1) is 0 Å². The van der Waals surface area contributed by atoms with Crippen molar-refractivity contribution < 1.29 is 9.53 Å². The molecule has 0 saturated carbocycles. The van der Waals surface area contributed by atoms with Crippen molar-refractivity contribution in [3.63, 3.8) is 0 Å². The van der Waals surface area contributed by atoms with Crippen LogP contribution in [0.25, 0.3) is 44.5 Å². The highest BCUT2D eigenvalue weighted by Crippen LogP contribution is 2.42. The Morgan fingerprint density at radius 2 is 1.84 bits per heavy atom. The second-order valence-electron chi connectivity index (χ2n) is 11.7. The van der Waals surface area contributed by atoms with Crippen LogP contribution in [-0.4, -0.2) is 59.1 Å². The third-order valence-electron chi connectivity index (χ3n) is 8.21. The summed E-state index contributed by atoms with van der Waals surface area (Å²) in [6.07, 6.45) is 5.37. The fourth-order valence-corrected chi connectivity index (χ4v) is 6.66. The molecule has 1 aliphatic heterocycles. The maximum Gasteiger partial charge on any atom is 0.220 e. The molecule has 1 atom stereocenters. The van der Waals surface area contributed by atoms with Gasteiger partial charge in [0.15, 0.2) is 0 Å². The third kappa shape index (κ3) is 6.42. The zero-order chi connectivity index (χ0) is 31.7. The van der Waals surface area contributed by atoms with Crippen molar-refractivity contribution in [2.45, 2.75) is 32.0 Å². The quantitative estimate of drug-likeness (QED) is 0.176. The first-order valence-corrected chi connectivity index (χ1v) is 15.7. The van der Waals surface area contributed by atoms with E-state index in [0.29, 0.717) is 46.8 Å². The van der Waals surface area contributed by atoms with E-state index in [1.165, 1.54) is 10.9 Å². The number of aryl methyl sites for hydroxylation is 1. The highest BCUT2D eigenvalue weighted by atomic mass is 35.5. The number of amides is 1. The summed E-state index contributed by atoms with van der Waals surface area (Å²) in [5.41, 5.74) is 8.00. The molecule has 232 valence electrons. The Labute approximate surface area is 273 Å². The number of methoxy groups -OCH3 is 1. The van der Waals surface area contributed by atoms with Gasteiger partial charge in [0, 0.05) is 90.3 Å². The van der Waals surface area contributed by atoms with E-state index >= 15 is 0 Å². The molecule has 0 spiro atoms. The molecule has 0 aliphatic carbocycles. The number of carbonyl (C=O) groups excluding carboxylic acids is 1. The van der Waals surface area contributed by atoms with Crippen LogP contribution in [0.15, 0.2) is 67.0 Å². The Balaban J connectivity index is 1.29. The second kappa shape index (κ2) is 13.2. The molecule has 2 aromatic carbocycles. The van der Waals surface area contributed by atoms with Gasteiger partial charge in [-0.25, -0.2) is 4.98 Å². The number of nitrogens with zero attached hydrogens (tertiary/aromatic N) is 4. The minimum Gasteiger partial charge on any atom is -0.481 e. The van der Waals surface area contributed by atoms with Crippen molar-refractivity contribution in [3.8, 4) is 39.5 Å². The molecule has 2 N–H and O–H groups in total. The zero-order valence-electron chi connectivity index (χ0n) is 25.8. The molecular formula is C35H36Cl2N6O2. The predicted molar refractivity (Wildman–Crippen MR) is 182 cm³/mol. The van der Waals surface area contributed by atoms with Crippen molar-refractivity contribution in [3.05, 3.63) is 88.2 Å². The molecule has 10 heteroatoms. The highest BCUT2D eigenvalue weighted by molar-refractivity contribution is 6.39. The number of benzene rings is 2. The number of rotatable bonds is 10. The molecule has 0 radical (unpaired) electrons. The molecular weight excluding hydrogens is 607 g/mol. The maximum atomic E-state index is 11.5. The number of pyridine rings is 2. The molecule has 45 heavy (non-hydrogen) atoms. The van der Waals surface area contributed by atoms with E-state index in [-0.39, 0.29) is 11.9 Å². The van der Waals surface area contributed by atoms with Gasteiger partial charge in [-0.1, -0.05) is 59.6 Å². The van der Waals surface area contributed by atoms with Crippen molar-refractivity contribution in [2.24, 2.45) is 7.05 Å². The molecule has 1 amide bonds. The van der Waals surface area contributed by atoms with Crippen molar-refractivity contribution in [1.29, 1.82) is 0 Å². The van der Waals surface area contributed by atoms with E-state index in [2.05, 4.69) is 70.6 Å². The molecule has 1 aliphatic rings. The van der Waals surface area contributed by atoms with Gasteiger partial charge in [0.1, 0.15) is 0 Å². The average molecular weight is 644 g/mol. The van der Waals surface area contributed by atoms with Crippen LogP contribution in [0.2, 0.25) is 10.0 Å². The van der Waals surface area contributed by atoms with Crippen LogP contribution in [-0.2, 0) is 24.9 Å². The SMILES string of the molecule is COc1nc(-c2cccc(-c3ccnc(-c4ccc5c(CN(C)C)cn(C)c5c4)c3Cl)c2Cl)ccc1CNC[C@@H]1CCC(=O)N1. The normalized spacial score (nSPS) is 14.8. The van der Waals surface area contributed by atoms with Crippen LogP contribution in [0.3, 0.4) is 0 Å². The summed E-state index contributed by atoms with van der Waals surface area (Å²) in [7, 11) is 7.82. The number of nitrogens with one attached hydrogen (secondary N) is 2. The van der Waals surface area contributed by atoms with Crippen molar-refractivity contribution in [1.82, 2.24) is 30.1 Å². The van der Waals surface area contributed by atoms with E-state index in [1.54, 1.807) is 13.3 Å². The molecule has 3 aromatic heterocycles. The molecule has 0 unspecified atom stereocenters. The topological polar surface area (TPSA) is 84.3 Å². The standard InChI is InChI=1S/C35H36Cl2N6O2/c1-42(2)19-23-20-43(3)30-16-21(8-11-25(23)30)34-33(37)27(14-15-39-34)26-6-5-7-28(32(26)36)29-12-9-22(35(41-29)45-4)17-38-18-24-10-13-31(44)40-24/h5-9,11-12,14-16,20,24,38H,10,13,17-19H2,1-4H3,(H,40,44)/t24-/m0/s1. The van der Waals surface area contributed by atoms with Crippen LogP contribution in [0, 0.1) is 0 Å². The van der Waals surface area contributed by atoms with Crippen LogP contribution in [0.1, 0.15) is 24.0 Å². The Morgan fingerprint density at radius 1 is 1.04 bits per heavy atom. The Bertz CT molecular complexity index is 1890. The fourth-order valence-electron chi connectivity index (χ4n) is 6.01. The molecule has 5 aromatic rings. The monoisotopic (exact) mass is 642 g/mol. The molecule has 0 bridgehead atoms. The van der Waals surface area contributed by atoms with Gasteiger partial charge in [0.25, 0.3) is 0 Å². The van der Waals surface area contributed by atoms with Crippen LogP contribution in [0.4, 0.5) is 0 Å². The van der Waals surface area contributed by atoms with Gasteiger partial charge >= 0.3 is 0 Å². The number of hydrogen-bond donors (Lipinski definition) is 2. The maximum absolute atomic E-state index is 11.5. The van der Waals surface area contributed by atoms with E-state index in [4.69, 9.17) is 32.9 Å². The van der Waals surface area contributed by atoms with Crippen molar-refractivity contribution >= 4 is 40.0 Å². The summed E-state index contributed by atoms with van der Waals surface area (Å²) in [5, 5.41) is 8.67. The van der Waals surface area contributed by atoms with E-state index in [0.717, 1.165) is 46.3 Å². The van der Waals surface area contributed by atoms with E-state index in [9.17, 15) is 4.79 Å². The summed E-state index contributed by atoms with van der Waals surface area (Å²) < 4.78 is 7.79. The number of aromatic nitrogens is 3. The number of carbonyl (C=O) groups is 1. The number of hydrogen-bond acceptors (Lipinski definition) is 6. The van der Waals surface area contributed by atoms with Gasteiger partial charge in [-0.2, -0.15) is 0 Å². The number of halogens is 2. The first-order valence-electron chi connectivity index (χ1n) is 14.9. The molecule has 4 heterocycles. The Kier molecular flexibility index (Phi) is 9.10. The number of fused-ring (bicyclic) bond motifs is 1. The first-order chi connectivity index (χ1) is 21.7. The molecule has 1 fully saturated rings. The van der Waals surface area contributed by atoms with E-state index in [1.807, 2.05) is 36.4 Å². The largest absolute Gasteiger partial charge is 0.481 e. The smallest absolute Gasteiger partial charge is 0.220 e. The van der Waals surface area contributed by atoms with Gasteiger partial charge in [-0.05, 0) is 44.3 Å². The lowest BCUT2D eigenvalue weighted by Crippen LogP contribution is -2.35. The molecule has 8 nitrogen and oxygen atoms in total. The zero-order valence-corrected chi connectivity index (χ0v) is 27.3. The van der Waals surface area contributed by atoms with Gasteiger partial charge in [0.05, 0.1) is 28.5 Å². The second-order valence-corrected chi connectivity index (χ2v) is 12.5. The van der Waals surface area contributed by atoms with Crippen LogP contribution >= 0.6 is 23.2 Å². The molecule has 1 saturated heterocycles. The fraction of sp³-hybridized carbons (Fsp3) is 0.286. The first kappa shape index (κ1) is 31.0. The minimum atomic E-state index is 0.108. The Hall–Kier alpha value is -3.95. The van der Waals surface area contributed by atoms with E-state index < -0.39 is 0 Å². The Morgan fingerprint density at radius 3 is 2.60 bits per heavy atom. The summed E-state index contributed by atoms with van der Waals surface area (Å²) >= 11 is 14.2. The minimum absolute atomic E-state index is 0.108. The lowest BCUT2D eigenvalue weighted by atomic mass is 9.99. The lowest BCUT2D eigenvalue weighted by Gasteiger charge is -2.15. The predicted octanol–water partition coefficient (Wildman–Crippen LogP) is 6.71. The summed E-state index contributed by atoms with van der Waals surface area (Å²) in [5.74, 6) is 0.627. The summed E-state index contributed by atoms with van der Waals surface area (Å²) in [6.45, 7) is 2.12. The van der Waals surface area contributed by atoms with Gasteiger partial charge < -0.3 is 24.8 Å². The van der Waals surface area contributed by atoms with Gasteiger partial charge in [0.2, 0.25) is 11.8 Å². The lowest BCUT2D eigenvalue weighted by molar-refractivity contribution is -0.119. The number of ether oxygens (including phenoxy) is 1. The summed E-state index contributed by atoms with van der Waals surface area (Å²) in [4.78, 5) is 23.1. The van der Waals surface area contributed by atoms with Gasteiger partial charge in [-0.3, -0.25) is 9.78 Å². The highest BCUT2D eigenvalue weighted by Gasteiger charge is 2.21. The van der Waals surface area contributed by atoms with Crippen molar-refractivity contribution in [2.75, 3.05) is 27.7 Å². The third-order valence-corrected chi connectivity index (χ3v) is 9.00. The molecule has 6 rings (SSSR count).